The number of methoxy groups -OCH3 is 1. The maximum absolute atomic E-state index is 12.6. The van der Waals surface area contributed by atoms with Gasteiger partial charge in [-0.2, -0.15) is 0 Å². The van der Waals surface area contributed by atoms with Crippen LogP contribution < -0.4 is 14.4 Å². The van der Waals surface area contributed by atoms with Crippen LogP contribution in [0.3, 0.4) is 0 Å². The van der Waals surface area contributed by atoms with E-state index in [4.69, 9.17) is 9.47 Å². The molecule has 1 amide bonds. The van der Waals surface area contributed by atoms with Crippen molar-refractivity contribution < 1.29 is 14.3 Å². The minimum Gasteiger partial charge on any atom is -0.496 e. The summed E-state index contributed by atoms with van der Waals surface area (Å²) in [4.78, 5) is 24.9. The van der Waals surface area contributed by atoms with Gasteiger partial charge < -0.3 is 19.3 Å². The lowest BCUT2D eigenvalue weighted by Crippen LogP contribution is -2.31. The summed E-state index contributed by atoms with van der Waals surface area (Å²) in [5.41, 5.74) is 1.05. The quantitative estimate of drug-likeness (QED) is 0.744. The van der Waals surface area contributed by atoms with Gasteiger partial charge in [0.2, 0.25) is 5.91 Å². The number of rotatable bonds is 7. The Morgan fingerprint density at radius 2 is 2.04 bits per heavy atom. The number of carbonyl (C=O) groups is 1. The Balaban J connectivity index is 1.54. The molecule has 1 aliphatic heterocycles. The van der Waals surface area contributed by atoms with E-state index in [0.29, 0.717) is 37.6 Å². The van der Waals surface area contributed by atoms with Crippen molar-refractivity contribution in [1.82, 2.24) is 14.9 Å². The lowest BCUT2D eigenvalue weighted by Gasteiger charge is -2.19. The summed E-state index contributed by atoms with van der Waals surface area (Å²) in [6.07, 6.45) is 5.12. The fourth-order valence-electron chi connectivity index (χ4n) is 3.23. The minimum absolute atomic E-state index is 0.0596. The van der Waals surface area contributed by atoms with Crippen LogP contribution in [0.2, 0.25) is 0 Å². The molecule has 144 valence electrons. The monoisotopic (exact) mass is 370 g/mol. The Morgan fingerprint density at radius 3 is 2.81 bits per heavy atom. The van der Waals surface area contributed by atoms with Gasteiger partial charge in [0.1, 0.15) is 11.9 Å². The molecule has 1 fully saturated rings. The highest BCUT2D eigenvalue weighted by Crippen LogP contribution is 2.25. The average molecular weight is 370 g/mol. The Hall–Kier alpha value is -2.83. The van der Waals surface area contributed by atoms with E-state index in [1.807, 2.05) is 48.2 Å². The molecule has 0 bridgehead atoms. The van der Waals surface area contributed by atoms with Gasteiger partial charge >= 0.3 is 0 Å². The molecule has 1 unspecified atom stereocenters. The van der Waals surface area contributed by atoms with Gasteiger partial charge in [-0.15, -0.1) is 0 Å². The minimum atomic E-state index is -0.0596. The van der Waals surface area contributed by atoms with Crippen molar-refractivity contribution in [3.8, 4) is 11.6 Å². The molecule has 1 aromatic carbocycles. The van der Waals surface area contributed by atoms with Gasteiger partial charge in [-0.05, 0) is 18.1 Å². The summed E-state index contributed by atoms with van der Waals surface area (Å²) < 4.78 is 11.4. The van der Waals surface area contributed by atoms with Crippen LogP contribution in [-0.2, 0) is 11.2 Å². The summed E-state index contributed by atoms with van der Waals surface area (Å²) in [6, 6.07) is 7.81. The predicted octanol–water partition coefficient (Wildman–Crippen LogP) is 2.16. The molecule has 0 radical (unpaired) electrons. The number of nitrogens with zero attached hydrogens (tertiary/aromatic N) is 4. The number of amides is 1. The van der Waals surface area contributed by atoms with Crippen molar-refractivity contribution in [2.75, 3.05) is 39.2 Å². The molecule has 1 aliphatic rings. The third kappa shape index (κ3) is 4.67. The van der Waals surface area contributed by atoms with E-state index in [1.54, 1.807) is 19.5 Å². The van der Waals surface area contributed by atoms with E-state index < -0.39 is 0 Å². The number of aromatic nitrogens is 2. The summed E-state index contributed by atoms with van der Waals surface area (Å²) in [7, 11) is 5.45. The van der Waals surface area contributed by atoms with Gasteiger partial charge in [0.15, 0.2) is 5.82 Å². The average Bonchev–Trinajstić information content (AvgIpc) is 3.15. The molecular formula is C20H26N4O3. The first-order valence-electron chi connectivity index (χ1n) is 9.13. The summed E-state index contributed by atoms with van der Waals surface area (Å²) >= 11 is 0. The fraction of sp³-hybridized carbons (Fsp3) is 0.450. The second-order valence-corrected chi connectivity index (χ2v) is 6.76. The van der Waals surface area contributed by atoms with Gasteiger partial charge in [-0.3, -0.25) is 4.79 Å². The Morgan fingerprint density at radius 1 is 1.26 bits per heavy atom. The van der Waals surface area contributed by atoms with Crippen LogP contribution in [0, 0.1) is 0 Å². The smallest absolute Gasteiger partial charge is 0.257 e. The predicted molar refractivity (Wildman–Crippen MR) is 103 cm³/mol. The van der Waals surface area contributed by atoms with Crippen molar-refractivity contribution in [2.45, 2.75) is 25.4 Å². The summed E-state index contributed by atoms with van der Waals surface area (Å²) in [5, 5.41) is 0. The van der Waals surface area contributed by atoms with Crippen LogP contribution in [0.5, 0.6) is 11.6 Å². The zero-order valence-electron chi connectivity index (χ0n) is 16.1. The first-order chi connectivity index (χ1) is 13.1. The topological polar surface area (TPSA) is 67.8 Å². The van der Waals surface area contributed by atoms with E-state index in [9.17, 15) is 4.79 Å². The standard InChI is InChI=1S/C20H26N4O3/c1-23(2)19-20(22-12-11-21-19)27-16-10-13-24(14-16)18(25)9-8-15-6-4-5-7-17(15)26-3/h4-7,11-12,16H,8-10,13-14H2,1-3H3. The molecule has 7 nitrogen and oxygen atoms in total. The molecular weight excluding hydrogens is 344 g/mol. The number of carbonyl (C=O) groups excluding carboxylic acids is 1. The van der Waals surface area contributed by atoms with Crippen LogP contribution >= 0.6 is 0 Å². The first-order valence-corrected chi connectivity index (χ1v) is 9.13. The van der Waals surface area contributed by atoms with Crippen molar-refractivity contribution >= 4 is 11.7 Å². The first kappa shape index (κ1) is 18.9. The van der Waals surface area contributed by atoms with Crippen molar-refractivity contribution in [3.63, 3.8) is 0 Å². The normalized spacial score (nSPS) is 16.3. The molecule has 27 heavy (non-hydrogen) atoms. The Bertz CT molecular complexity index is 781. The lowest BCUT2D eigenvalue weighted by molar-refractivity contribution is -0.130. The van der Waals surface area contributed by atoms with Crippen LogP contribution in [-0.4, -0.2) is 61.2 Å². The number of benzene rings is 1. The third-order valence-electron chi connectivity index (χ3n) is 4.65. The maximum atomic E-state index is 12.6. The van der Waals surface area contributed by atoms with Crippen molar-refractivity contribution in [1.29, 1.82) is 0 Å². The highest BCUT2D eigenvalue weighted by Gasteiger charge is 2.28. The van der Waals surface area contributed by atoms with E-state index in [2.05, 4.69) is 9.97 Å². The SMILES string of the molecule is COc1ccccc1CCC(=O)N1CCC(Oc2nccnc2N(C)C)C1. The zero-order valence-corrected chi connectivity index (χ0v) is 16.1. The molecule has 0 N–H and O–H groups in total. The highest BCUT2D eigenvalue weighted by molar-refractivity contribution is 5.77. The Labute approximate surface area is 159 Å². The number of hydrogen-bond acceptors (Lipinski definition) is 6. The number of aryl methyl sites for hydroxylation is 1. The van der Waals surface area contributed by atoms with Crippen molar-refractivity contribution in [2.24, 2.45) is 0 Å². The highest BCUT2D eigenvalue weighted by atomic mass is 16.5. The second kappa shape index (κ2) is 8.70. The van der Waals surface area contributed by atoms with Gasteiger partial charge in [-0.25, -0.2) is 9.97 Å². The number of para-hydroxylation sites is 1. The maximum Gasteiger partial charge on any atom is 0.257 e. The second-order valence-electron chi connectivity index (χ2n) is 6.76. The molecule has 2 aromatic rings. The molecule has 0 saturated carbocycles. The number of ether oxygens (including phenoxy) is 2. The van der Waals surface area contributed by atoms with E-state index in [-0.39, 0.29) is 12.0 Å². The van der Waals surface area contributed by atoms with Crippen LogP contribution in [0.25, 0.3) is 0 Å². The van der Waals surface area contributed by atoms with Crippen molar-refractivity contribution in [3.05, 3.63) is 42.2 Å². The summed E-state index contributed by atoms with van der Waals surface area (Å²) in [6.45, 7) is 1.28. The molecule has 1 atom stereocenters. The van der Waals surface area contributed by atoms with Crippen LogP contribution in [0.1, 0.15) is 18.4 Å². The molecule has 2 heterocycles. The van der Waals surface area contributed by atoms with Gasteiger partial charge in [0.05, 0.1) is 13.7 Å². The molecule has 7 heteroatoms. The Kier molecular flexibility index (Phi) is 6.11. The third-order valence-corrected chi connectivity index (χ3v) is 4.65. The number of hydrogen-bond donors (Lipinski definition) is 0. The van der Waals surface area contributed by atoms with Gasteiger partial charge in [-0.1, -0.05) is 18.2 Å². The molecule has 0 aliphatic carbocycles. The number of likely N-dealkylation sites (tertiary alicyclic amines) is 1. The fourth-order valence-corrected chi connectivity index (χ4v) is 3.23. The molecule has 1 aromatic heterocycles. The summed E-state index contributed by atoms with van der Waals surface area (Å²) in [5.74, 6) is 2.17. The van der Waals surface area contributed by atoms with Gasteiger partial charge in [0.25, 0.3) is 5.88 Å². The van der Waals surface area contributed by atoms with E-state index in [0.717, 1.165) is 17.7 Å². The molecule has 1 saturated heterocycles. The lowest BCUT2D eigenvalue weighted by atomic mass is 10.1. The van der Waals surface area contributed by atoms with Gasteiger partial charge in [0, 0.05) is 45.9 Å². The zero-order chi connectivity index (χ0) is 19.2. The van der Waals surface area contributed by atoms with Crippen LogP contribution in [0.15, 0.2) is 36.7 Å². The number of anilines is 1. The van der Waals surface area contributed by atoms with Crippen LogP contribution in [0.4, 0.5) is 5.82 Å². The van der Waals surface area contributed by atoms with E-state index in [1.165, 1.54) is 0 Å². The largest absolute Gasteiger partial charge is 0.496 e. The molecule has 3 rings (SSSR count). The van der Waals surface area contributed by atoms with E-state index >= 15 is 0 Å². The molecule has 0 spiro atoms.